The molecule has 2 heteroatoms. The number of hydrogen-bond acceptors (Lipinski definition) is 0. The largest absolute Gasteiger partial charge is 0.362 e. The van der Waals surface area contributed by atoms with E-state index in [1.807, 2.05) is 0 Å². The first-order chi connectivity index (χ1) is 4.13. The van der Waals surface area contributed by atoms with E-state index in [9.17, 15) is 0 Å². The van der Waals surface area contributed by atoms with Gasteiger partial charge >= 0.3 is 0 Å². The van der Waals surface area contributed by atoms with Crippen LogP contribution in [-0.2, 0) is 0 Å². The molecule has 1 heterocycles. The van der Waals surface area contributed by atoms with Crippen molar-refractivity contribution in [1.29, 1.82) is 0 Å². The molecule has 0 aromatic carbocycles. The van der Waals surface area contributed by atoms with Crippen molar-refractivity contribution < 1.29 is 0 Å². The Labute approximate surface area is 69.3 Å². The number of aromatic nitrogens is 1. The lowest BCUT2D eigenvalue weighted by Crippen LogP contribution is -1.73. The maximum absolute atomic E-state index is 3.28. The minimum atomic E-state index is 0. The number of H-pyrrole nitrogens is 1. The normalized spacial score (nSPS) is 9.20. The molecule has 1 nitrogen and oxygen atoms in total. The van der Waals surface area contributed by atoms with Gasteiger partial charge in [0.1, 0.15) is 0 Å². The fourth-order valence-electron chi connectivity index (χ4n) is 1.03. The third-order valence-corrected chi connectivity index (χ3v) is 2.06. The van der Waals surface area contributed by atoms with Crippen LogP contribution in [0.2, 0.25) is 0 Å². The third kappa shape index (κ3) is 1.37. The lowest BCUT2D eigenvalue weighted by atomic mass is 10.2. The molecule has 0 radical (unpaired) electrons. The summed E-state index contributed by atoms with van der Waals surface area (Å²) in [5.74, 6) is 0. The molecule has 1 aromatic rings. The van der Waals surface area contributed by atoms with E-state index < -0.39 is 0 Å². The fourth-order valence-corrected chi connectivity index (χ4v) is 1.03. The van der Waals surface area contributed by atoms with Crippen LogP contribution >= 0.6 is 13.5 Å². The molecular weight excluding hydrogens is 142 g/mol. The monoisotopic (exact) mass is 157 g/mol. The number of hydrogen-bond donors (Lipinski definition) is 1. The van der Waals surface area contributed by atoms with E-state index >= 15 is 0 Å². The van der Waals surface area contributed by atoms with Gasteiger partial charge in [0.15, 0.2) is 0 Å². The Morgan fingerprint density at radius 3 is 1.20 bits per heavy atom. The predicted molar refractivity (Wildman–Crippen MR) is 50.1 cm³/mol. The van der Waals surface area contributed by atoms with Gasteiger partial charge in [-0.15, -0.1) is 0 Å². The standard InChI is InChI=1S/C8H13N.H2S/c1-5-6(2)8(4)9-7(5)3;/h9H,1-4H3;1H2. The van der Waals surface area contributed by atoms with Gasteiger partial charge in [0.05, 0.1) is 0 Å². The van der Waals surface area contributed by atoms with Crippen LogP contribution in [0.3, 0.4) is 0 Å². The number of rotatable bonds is 0. The van der Waals surface area contributed by atoms with Crippen LogP contribution in [0.1, 0.15) is 22.5 Å². The predicted octanol–water partition coefficient (Wildman–Crippen LogP) is 2.36. The summed E-state index contributed by atoms with van der Waals surface area (Å²) in [7, 11) is 0. The molecule has 10 heavy (non-hydrogen) atoms. The first-order valence-electron chi connectivity index (χ1n) is 3.25. The zero-order valence-electron chi connectivity index (χ0n) is 7.00. The Bertz CT molecular complexity index is 203. The van der Waals surface area contributed by atoms with Gasteiger partial charge in [0.25, 0.3) is 0 Å². The molecular formula is C8H15NS. The van der Waals surface area contributed by atoms with Gasteiger partial charge in [-0.25, -0.2) is 0 Å². The summed E-state index contributed by atoms with van der Waals surface area (Å²) in [6.45, 7) is 8.51. The van der Waals surface area contributed by atoms with Crippen molar-refractivity contribution in [2.24, 2.45) is 0 Å². The minimum Gasteiger partial charge on any atom is -0.362 e. The maximum atomic E-state index is 3.28. The molecule has 0 amide bonds. The highest BCUT2D eigenvalue weighted by Crippen LogP contribution is 2.14. The van der Waals surface area contributed by atoms with E-state index in [2.05, 4.69) is 32.7 Å². The van der Waals surface area contributed by atoms with E-state index in [0.29, 0.717) is 0 Å². The van der Waals surface area contributed by atoms with Crippen LogP contribution in [0, 0.1) is 27.7 Å². The smallest absolute Gasteiger partial charge is 0.0150 e. The minimum absolute atomic E-state index is 0. The summed E-state index contributed by atoms with van der Waals surface area (Å²) < 4.78 is 0. The van der Waals surface area contributed by atoms with Crippen LogP contribution in [0.15, 0.2) is 0 Å². The highest BCUT2D eigenvalue weighted by Gasteiger charge is 2.00. The zero-order valence-corrected chi connectivity index (χ0v) is 8.00. The Morgan fingerprint density at radius 2 is 1.10 bits per heavy atom. The van der Waals surface area contributed by atoms with E-state index in [1.165, 1.54) is 22.5 Å². The second-order valence-corrected chi connectivity index (χ2v) is 2.62. The van der Waals surface area contributed by atoms with Crippen molar-refractivity contribution in [2.45, 2.75) is 27.7 Å². The Morgan fingerprint density at radius 1 is 0.800 bits per heavy atom. The maximum Gasteiger partial charge on any atom is 0.0150 e. The van der Waals surface area contributed by atoms with E-state index in [-0.39, 0.29) is 13.5 Å². The Hall–Kier alpha value is -0.370. The lowest BCUT2D eigenvalue weighted by molar-refractivity contribution is 1.17. The van der Waals surface area contributed by atoms with E-state index in [1.54, 1.807) is 0 Å². The number of nitrogens with one attached hydrogen (secondary N) is 1. The van der Waals surface area contributed by atoms with Gasteiger partial charge in [0.2, 0.25) is 0 Å². The summed E-state index contributed by atoms with van der Waals surface area (Å²) in [6, 6.07) is 0. The second-order valence-electron chi connectivity index (χ2n) is 2.62. The molecule has 0 atom stereocenters. The van der Waals surface area contributed by atoms with Crippen molar-refractivity contribution >= 4 is 13.5 Å². The molecule has 0 aliphatic rings. The van der Waals surface area contributed by atoms with Crippen LogP contribution < -0.4 is 0 Å². The van der Waals surface area contributed by atoms with Gasteiger partial charge in [-0.05, 0) is 38.8 Å². The van der Waals surface area contributed by atoms with E-state index in [4.69, 9.17) is 0 Å². The average molecular weight is 157 g/mol. The van der Waals surface area contributed by atoms with Gasteiger partial charge in [-0.1, -0.05) is 0 Å². The average Bonchev–Trinajstić information content (AvgIpc) is 1.98. The highest BCUT2D eigenvalue weighted by molar-refractivity contribution is 7.59. The molecule has 1 rings (SSSR count). The third-order valence-electron chi connectivity index (χ3n) is 2.06. The van der Waals surface area contributed by atoms with Crippen molar-refractivity contribution in [3.05, 3.63) is 22.5 Å². The Kier molecular flexibility index (Phi) is 3.03. The van der Waals surface area contributed by atoms with Crippen molar-refractivity contribution in [3.8, 4) is 0 Å². The molecule has 0 fully saturated rings. The molecule has 0 bridgehead atoms. The summed E-state index contributed by atoms with van der Waals surface area (Å²) >= 11 is 0. The quantitative estimate of drug-likeness (QED) is 0.595. The summed E-state index contributed by atoms with van der Waals surface area (Å²) in [5, 5.41) is 0. The topological polar surface area (TPSA) is 15.8 Å². The van der Waals surface area contributed by atoms with Crippen LogP contribution in [0.25, 0.3) is 0 Å². The van der Waals surface area contributed by atoms with Crippen molar-refractivity contribution in [1.82, 2.24) is 4.98 Å². The molecule has 1 N–H and O–H groups in total. The van der Waals surface area contributed by atoms with Crippen LogP contribution in [-0.4, -0.2) is 4.98 Å². The number of aromatic amines is 1. The summed E-state index contributed by atoms with van der Waals surface area (Å²) in [4.78, 5) is 3.28. The van der Waals surface area contributed by atoms with Gasteiger partial charge in [0, 0.05) is 11.4 Å². The van der Waals surface area contributed by atoms with Crippen LogP contribution in [0.5, 0.6) is 0 Å². The zero-order chi connectivity index (χ0) is 7.02. The molecule has 1 aromatic heterocycles. The molecule has 0 aliphatic carbocycles. The van der Waals surface area contributed by atoms with Gasteiger partial charge in [-0.2, -0.15) is 13.5 Å². The van der Waals surface area contributed by atoms with Gasteiger partial charge in [-0.3, -0.25) is 0 Å². The first-order valence-corrected chi connectivity index (χ1v) is 3.25. The summed E-state index contributed by atoms with van der Waals surface area (Å²) in [6.07, 6.45) is 0. The second kappa shape index (κ2) is 3.15. The Balaban J connectivity index is 0.000000810. The van der Waals surface area contributed by atoms with Gasteiger partial charge < -0.3 is 4.98 Å². The lowest BCUT2D eigenvalue weighted by Gasteiger charge is -1.88. The summed E-state index contributed by atoms with van der Waals surface area (Å²) in [5.41, 5.74) is 5.38. The fraction of sp³-hybridized carbons (Fsp3) is 0.500. The molecule has 0 saturated heterocycles. The van der Waals surface area contributed by atoms with Crippen molar-refractivity contribution in [2.75, 3.05) is 0 Å². The first kappa shape index (κ1) is 9.63. The van der Waals surface area contributed by atoms with Crippen LogP contribution in [0.4, 0.5) is 0 Å². The molecule has 58 valence electrons. The molecule has 0 spiro atoms. The molecule has 0 aliphatic heterocycles. The number of aryl methyl sites for hydroxylation is 2. The molecule has 0 unspecified atom stereocenters. The van der Waals surface area contributed by atoms with E-state index in [0.717, 1.165) is 0 Å². The molecule has 0 saturated carbocycles. The highest BCUT2D eigenvalue weighted by atomic mass is 32.1. The SMILES string of the molecule is Cc1[nH]c(C)c(C)c1C.S. The van der Waals surface area contributed by atoms with Crippen molar-refractivity contribution in [3.63, 3.8) is 0 Å².